The smallest absolute Gasteiger partial charge is 0.208 e. The van der Waals surface area contributed by atoms with Crippen LogP contribution < -0.4 is 4.72 Å². The molecule has 0 fully saturated rings. The van der Waals surface area contributed by atoms with Crippen LogP contribution in [0.5, 0.6) is 0 Å². The van der Waals surface area contributed by atoms with Crippen molar-refractivity contribution < 1.29 is 8.42 Å². The maximum atomic E-state index is 12.4. The van der Waals surface area contributed by atoms with Crippen LogP contribution >= 0.6 is 11.6 Å². The van der Waals surface area contributed by atoms with E-state index in [4.69, 9.17) is 11.6 Å². The molecule has 0 aliphatic heterocycles. The van der Waals surface area contributed by atoms with Crippen molar-refractivity contribution in [1.82, 2.24) is 4.72 Å². The van der Waals surface area contributed by atoms with E-state index >= 15 is 0 Å². The molecule has 1 unspecified atom stereocenters. The van der Waals surface area contributed by atoms with Gasteiger partial charge in [0, 0.05) is 11.9 Å². The van der Waals surface area contributed by atoms with E-state index in [-0.39, 0.29) is 12.0 Å². The Balaban J connectivity index is 3.06. The Kier molecular flexibility index (Phi) is 5.83. The lowest BCUT2D eigenvalue weighted by atomic mass is 10.0. The first-order chi connectivity index (χ1) is 8.77. The third-order valence-electron chi connectivity index (χ3n) is 3.16. The molecule has 19 heavy (non-hydrogen) atoms. The number of benzene rings is 1. The Labute approximate surface area is 121 Å². The van der Waals surface area contributed by atoms with Gasteiger partial charge in [-0.05, 0) is 43.4 Å². The van der Waals surface area contributed by atoms with Crippen LogP contribution in [0.2, 0.25) is 0 Å². The number of sulfonamides is 1. The summed E-state index contributed by atoms with van der Waals surface area (Å²) in [6.45, 7) is 7.67. The average molecular weight is 304 g/mol. The molecule has 0 bridgehead atoms. The van der Waals surface area contributed by atoms with E-state index in [9.17, 15) is 8.42 Å². The number of hydrogen-bond acceptors (Lipinski definition) is 2. The topological polar surface area (TPSA) is 46.2 Å². The maximum Gasteiger partial charge on any atom is 0.241 e. The predicted molar refractivity (Wildman–Crippen MR) is 80.2 cm³/mol. The monoisotopic (exact) mass is 303 g/mol. The van der Waals surface area contributed by atoms with Crippen LogP contribution in [0, 0.1) is 19.8 Å². The fourth-order valence-corrected chi connectivity index (χ4v) is 3.89. The molecule has 0 saturated carbocycles. The Hall–Kier alpha value is -0.580. The highest BCUT2D eigenvalue weighted by atomic mass is 35.5. The second-order valence-electron chi connectivity index (χ2n) is 5.22. The lowest BCUT2D eigenvalue weighted by molar-refractivity contribution is 0.439. The van der Waals surface area contributed by atoms with Crippen molar-refractivity contribution >= 4 is 21.6 Å². The molecule has 0 heterocycles. The van der Waals surface area contributed by atoms with E-state index in [1.165, 1.54) is 0 Å². The molecule has 0 spiro atoms. The summed E-state index contributed by atoms with van der Waals surface area (Å²) in [7, 11) is -3.49. The molecule has 5 heteroatoms. The highest BCUT2D eigenvalue weighted by molar-refractivity contribution is 7.89. The summed E-state index contributed by atoms with van der Waals surface area (Å²) in [4.78, 5) is 0.354. The Morgan fingerprint density at radius 3 is 2.42 bits per heavy atom. The van der Waals surface area contributed by atoms with Gasteiger partial charge in [-0.25, -0.2) is 13.1 Å². The number of alkyl halides is 1. The molecule has 1 N–H and O–H groups in total. The molecule has 0 aromatic heterocycles. The number of rotatable bonds is 6. The maximum absolute atomic E-state index is 12.4. The first-order valence-electron chi connectivity index (χ1n) is 6.43. The quantitative estimate of drug-likeness (QED) is 0.820. The molecule has 0 radical (unpaired) electrons. The molecule has 0 saturated heterocycles. The van der Waals surface area contributed by atoms with Crippen molar-refractivity contribution in [2.45, 2.75) is 45.1 Å². The van der Waals surface area contributed by atoms with Crippen LogP contribution in [0.3, 0.4) is 0 Å². The third kappa shape index (κ3) is 4.48. The van der Waals surface area contributed by atoms with Crippen molar-refractivity contribution in [3.63, 3.8) is 0 Å². The summed E-state index contributed by atoms with van der Waals surface area (Å²) in [6.07, 6.45) is 0.628. The summed E-state index contributed by atoms with van der Waals surface area (Å²) >= 11 is 5.74. The van der Waals surface area contributed by atoms with Gasteiger partial charge in [0.2, 0.25) is 10.0 Å². The van der Waals surface area contributed by atoms with Gasteiger partial charge in [-0.3, -0.25) is 0 Å². The minimum atomic E-state index is -3.49. The highest BCUT2D eigenvalue weighted by Crippen LogP contribution is 2.19. The van der Waals surface area contributed by atoms with Crippen molar-refractivity contribution in [2.75, 3.05) is 5.88 Å². The Morgan fingerprint density at radius 2 is 1.89 bits per heavy atom. The van der Waals surface area contributed by atoms with Crippen LogP contribution in [-0.4, -0.2) is 20.3 Å². The minimum Gasteiger partial charge on any atom is -0.208 e. The zero-order chi connectivity index (χ0) is 14.6. The highest BCUT2D eigenvalue weighted by Gasteiger charge is 2.23. The van der Waals surface area contributed by atoms with Crippen molar-refractivity contribution in [3.8, 4) is 0 Å². The first kappa shape index (κ1) is 16.5. The summed E-state index contributed by atoms with van der Waals surface area (Å²) in [6, 6.07) is 5.31. The Morgan fingerprint density at radius 1 is 1.26 bits per heavy atom. The summed E-state index contributed by atoms with van der Waals surface area (Å²) in [5.41, 5.74) is 1.69. The van der Waals surface area contributed by atoms with Gasteiger partial charge in [-0.2, -0.15) is 0 Å². The molecule has 1 aromatic rings. The van der Waals surface area contributed by atoms with E-state index in [1.54, 1.807) is 13.0 Å². The van der Waals surface area contributed by atoms with Crippen molar-refractivity contribution in [1.29, 1.82) is 0 Å². The number of nitrogens with one attached hydrogen (secondary N) is 1. The van der Waals surface area contributed by atoms with E-state index in [0.29, 0.717) is 17.2 Å². The predicted octanol–water partition coefficient (Wildman–Crippen LogP) is 3.24. The molecule has 0 amide bonds. The molecule has 0 aliphatic carbocycles. The molecule has 1 atom stereocenters. The van der Waals surface area contributed by atoms with Crippen molar-refractivity contribution in [3.05, 3.63) is 29.3 Å². The normalized spacial score (nSPS) is 13.8. The SMILES string of the molecule is Cc1ccc(C)c(S(=O)(=O)NC(CCCl)C(C)C)c1. The molecule has 3 nitrogen and oxygen atoms in total. The minimum absolute atomic E-state index is 0.137. The first-order valence-corrected chi connectivity index (χ1v) is 8.45. The van der Waals surface area contributed by atoms with Gasteiger partial charge in [-0.15, -0.1) is 11.6 Å². The van der Waals surface area contributed by atoms with Gasteiger partial charge in [0.1, 0.15) is 0 Å². The van der Waals surface area contributed by atoms with Crippen LogP contribution in [0.25, 0.3) is 0 Å². The summed E-state index contributed by atoms with van der Waals surface area (Å²) in [5.74, 6) is 0.650. The van der Waals surface area contributed by atoms with E-state index in [1.807, 2.05) is 32.9 Å². The average Bonchev–Trinajstić information content (AvgIpc) is 2.31. The molecule has 1 rings (SSSR count). The van der Waals surface area contributed by atoms with Gasteiger partial charge in [-0.1, -0.05) is 26.0 Å². The number of aryl methyl sites for hydroxylation is 2. The second-order valence-corrected chi connectivity index (χ2v) is 7.28. The summed E-state index contributed by atoms with van der Waals surface area (Å²) < 4.78 is 27.6. The third-order valence-corrected chi connectivity index (χ3v) is 5.01. The van der Waals surface area contributed by atoms with Crippen LogP contribution in [0.4, 0.5) is 0 Å². The van der Waals surface area contributed by atoms with Gasteiger partial charge in [0.05, 0.1) is 4.90 Å². The fraction of sp³-hybridized carbons (Fsp3) is 0.571. The molecular weight excluding hydrogens is 282 g/mol. The largest absolute Gasteiger partial charge is 0.241 e. The molecule has 0 aliphatic rings. The van der Waals surface area contributed by atoms with Gasteiger partial charge < -0.3 is 0 Å². The van der Waals surface area contributed by atoms with Crippen molar-refractivity contribution in [2.24, 2.45) is 5.92 Å². The zero-order valence-corrected chi connectivity index (χ0v) is 13.5. The molecule has 108 valence electrons. The number of halogens is 1. The second kappa shape index (κ2) is 6.73. The molecular formula is C14H22ClNO2S. The standard InChI is InChI=1S/C14H22ClNO2S/c1-10(2)13(7-8-15)16-19(17,18)14-9-11(3)5-6-12(14)4/h5-6,9-10,13,16H,7-8H2,1-4H3. The van der Waals surface area contributed by atoms with Gasteiger partial charge in [0.25, 0.3) is 0 Å². The fourth-order valence-electron chi connectivity index (χ4n) is 1.91. The molecule has 1 aromatic carbocycles. The van der Waals surface area contributed by atoms with Crippen LogP contribution in [0.1, 0.15) is 31.4 Å². The van der Waals surface area contributed by atoms with Gasteiger partial charge >= 0.3 is 0 Å². The van der Waals surface area contributed by atoms with E-state index in [2.05, 4.69) is 4.72 Å². The van der Waals surface area contributed by atoms with Gasteiger partial charge in [0.15, 0.2) is 0 Å². The lowest BCUT2D eigenvalue weighted by Gasteiger charge is -2.22. The van der Waals surface area contributed by atoms with Crippen LogP contribution in [0.15, 0.2) is 23.1 Å². The van der Waals surface area contributed by atoms with E-state index < -0.39 is 10.0 Å². The Bertz CT molecular complexity index is 526. The summed E-state index contributed by atoms with van der Waals surface area (Å²) in [5, 5.41) is 0. The number of hydrogen-bond donors (Lipinski definition) is 1. The van der Waals surface area contributed by atoms with Crippen LogP contribution in [-0.2, 0) is 10.0 Å². The zero-order valence-electron chi connectivity index (χ0n) is 11.9. The lowest BCUT2D eigenvalue weighted by Crippen LogP contribution is -2.39. The van der Waals surface area contributed by atoms with E-state index in [0.717, 1.165) is 11.1 Å².